The lowest BCUT2D eigenvalue weighted by Gasteiger charge is -2.22. The van der Waals surface area contributed by atoms with Crippen molar-refractivity contribution >= 4 is 17.7 Å². The summed E-state index contributed by atoms with van der Waals surface area (Å²) in [6.45, 7) is 0. The van der Waals surface area contributed by atoms with Gasteiger partial charge in [0.05, 0.1) is 5.75 Å². The van der Waals surface area contributed by atoms with Crippen LogP contribution in [0, 0.1) is 5.82 Å². The first-order valence-electron chi connectivity index (χ1n) is 8.02. The zero-order valence-electron chi connectivity index (χ0n) is 13.2. The van der Waals surface area contributed by atoms with E-state index in [0.717, 1.165) is 12.8 Å². The van der Waals surface area contributed by atoms with E-state index in [9.17, 15) is 9.18 Å². The molecule has 1 heterocycles. The van der Waals surface area contributed by atoms with Crippen molar-refractivity contribution in [1.29, 1.82) is 0 Å². The van der Waals surface area contributed by atoms with Gasteiger partial charge in [0.2, 0.25) is 11.1 Å². The van der Waals surface area contributed by atoms with Crippen LogP contribution < -0.4 is 11.2 Å². The lowest BCUT2D eigenvalue weighted by atomic mass is 9.95. The Labute approximate surface area is 144 Å². The highest BCUT2D eigenvalue weighted by Crippen LogP contribution is 2.22. The maximum absolute atomic E-state index is 13.0. The van der Waals surface area contributed by atoms with E-state index in [2.05, 4.69) is 15.5 Å². The van der Waals surface area contributed by atoms with E-state index >= 15 is 0 Å². The molecule has 1 saturated carbocycles. The molecule has 8 heteroatoms. The average Bonchev–Trinajstić information content (AvgIpc) is 2.95. The summed E-state index contributed by atoms with van der Waals surface area (Å²) in [5, 5.41) is 11.5. The number of rotatable bonds is 5. The first-order valence-corrected chi connectivity index (χ1v) is 9.00. The van der Waals surface area contributed by atoms with E-state index in [-0.39, 0.29) is 23.5 Å². The first-order chi connectivity index (χ1) is 11.6. The fraction of sp³-hybridized carbons (Fsp3) is 0.438. The molecule has 1 fully saturated rings. The number of halogens is 1. The van der Waals surface area contributed by atoms with E-state index in [1.54, 1.807) is 12.1 Å². The summed E-state index contributed by atoms with van der Waals surface area (Å²) in [7, 11) is 0. The van der Waals surface area contributed by atoms with Gasteiger partial charge in [0.25, 0.3) is 0 Å². The highest BCUT2D eigenvalue weighted by Gasteiger charge is 2.17. The highest BCUT2D eigenvalue weighted by atomic mass is 32.2. The fourth-order valence-electron chi connectivity index (χ4n) is 2.82. The second-order valence-electron chi connectivity index (χ2n) is 5.87. The van der Waals surface area contributed by atoms with Gasteiger partial charge in [-0.1, -0.05) is 31.0 Å². The molecule has 0 unspecified atom stereocenters. The van der Waals surface area contributed by atoms with Crippen LogP contribution in [0.3, 0.4) is 0 Å². The van der Waals surface area contributed by atoms with E-state index in [1.165, 1.54) is 47.8 Å². The minimum atomic E-state index is -0.323. The number of amides is 1. The number of nitrogens with one attached hydrogen (secondary N) is 1. The molecular weight excluding hydrogens is 329 g/mol. The molecule has 0 atom stereocenters. The zero-order valence-corrected chi connectivity index (χ0v) is 14.1. The monoisotopic (exact) mass is 349 g/mol. The van der Waals surface area contributed by atoms with Gasteiger partial charge in [0.15, 0.2) is 5.82 Å². The number of carbonyl (C=O) groups excluding carboxylic acids is 1. The Morgan fingerprint density at radius 2 is 1.96 bits per heavy atom. The molecule has 24 heavy (non-hydrogen) atoms. The lowest BCUT2D eigenvalue weighted by molar-refractivity contribution is -0.119. The van der Waals surface area contributed by atoms with Gasteiger partial charge < -0.3 is 11.2 Å². The number of benzene rings is 1. The normalized spacial score (nSPS) is 15.4. The van der Waals surface area contributed by atoms with Crippen molar-refractivity contribution in [3.8, 4) is 11.4 Å². The summed E-state index contributed by atoms with van der Waals surface area (Å²) in [5.74, 6) is 6.33. The maximum atomic E-state index is 13.0. The molecule has 1 amide bonds. The Bertz CT molecular complexity index is 697. The van der Waals surface area contributed by atoms with Crippen molar-refractivity contribution in [2.24, 2.45) is 0 Å². The van der Waals surface area contributed by atoms with Crippen LogP contribution in [-0.2, 0) is 4.79 Å². The Hall–Kier alpha value is -2.09. The van der Waals surface area contributed by atoms with Gasteiger partial charge in [0.1, 0.15) is 5.82 Å². The summed E-state index contributed by atoms with van der Waals surface area (Å²) in [6.07, 6.45) is 5.71. The van der Waals surface area contributed by atoms with Crippen LogP contribution in [0.25, 0.3) is 11.4 Å². The number of carbonyl (C=O) groups is 1. The third kappa shape index (κ3) is 4.05. The Balaban J connectivity index is 1.57. The van der Waals surface area contributed by atoms with Gasteiger partial charge in [-0.05, 0) is 37.1 Å². The molecule has 1 aliphatic carbocycles. The molecule has 1 aromatic carbocycles. The van der Waals surface area contributed by atoms with Gasteiger partial charge in [-0.15, -0.1) is 10.2 Å². The fourth-order valence-corrected chi connectivity index (χ4v) is 3.49. The van der Waals surface area contributed by atoms with Crippen molar-refractivity contribution < 1.29 is 9.18 Å². The summed E-state index contributed by atoms with van der Waals surface area (Å²) in [5.41, 5.74) is 0.671. The number of nitrogen functional groups attached to an aromatic ring is 1. The number of aromatic nitrogens is 3. The predicted octanol–water partition coefficient (Wildman–Crippen LogP) is 2.34. The van der Waals surface area contributed by atoms with E-state index in [1.807, 2.05) is 0 Å². The number of nitrogens with zero attached hydrogens (tertiary/aromatic N) is 3. The van der Waals surface area contributed by atoms with E-state index in [4.69, 9.17) is 5.84 Å². The van der Waals surface area contributed by atoms with Crippen LogP contribution >= 0.6 is 11.8 Å². The molecule has 0 bridgehead atoms. The molecule has 3 rings (SSSR count). The molecule has 1 aromatic heterocycles. The smallest absolute Gasteiger partial charge is 0.230 e. The van der Waals surface area contributed by atoms with Gasteiger partial charge in [-0.2, -0.15) is 0 Å². The zero-order chi connectivity index (χ0) is 16.9. The van der Waals surface area contributed by atoms with Crippen LogP contribution in [0.5, 0.6) is 0 Å². The number of hydrogen-bond donors (Lipinski definition) is 2. The third-order valence-electron chi connectivity index (χ3n) is 4.07. The summed E-state index contributed by atoms with van der Waals surface area (Å²) >= 11 is 1.24. The molecule has 0 aliphatic heterocycles. The average molecular weight is 349 g/mol. The molecule has 1 aliphatic rings. The minimum Gasteiger partial charge on any atom is -0.353 e. The standard InChI is InChI=1S/C16H20FN5OS/c17-12-8-6-11(7-9-12)15-20-21-16(22(15)18)24-10-14(23)19-13-4-2-1-3-5-13/h6-9,13H,1-5,10,18H2,(H,19,23). The number of nitrogens with two attached hydrogens (primary N) is 1. The summed E-state index contributed by atoms with van der Waals surface area (Å²) in [4.78, 5) is 12.0. The van der Waals surface area contributed by atoms with Crippen molar-refractivity contribution in [2.45, 2.75) is 43.3 Å². The molecule has 3 N–H and O–H groups in total. The number of thioether (sulfide) groups is 1. The second kappa shape index (κ2) is 7.65. The molecule has 0 radical (unpaired) electrons. The van der Waals surface area contributed by atoms with Gasteiger partial charge in [-0.25, -0.2) is 9.07 Å². The molecule has 0 saturated heterocycles. The Morgan fingerprint density at radius 3 is 2.67 bits per heavy atom. The van der Waals surface area contributed by atoms with Crippen LogP contribution in [0.15, 0.2) is 29.4 Å². The van der Waals surface area contributed by atoms with Crippen molar-refractivity contribution in [2.75, 3.05) is 11.6 Å². The Kier molecular flexibility index (Phi) is 5.34. The van der Waals surface area contributed by atoms with E-state index in [0.29, 0.717) is 16.5 Å². The molecule has 0 spiro atoms. The van der Waals surface area contributed by atoms with Crippen LogP contribution in [-0.4, -0.2) is 32.6 Å². The van der Waals surface area contributed by atoms with Crippen molar-refractivity contribution in [1.82, 2.24) is 20.2 Å². The molecule has 6 nitrogen and oxygen atoms in total. The van der Waals surface area contributed by atoms with E-state index < -0.39 is 0 Å². The third-order valence-corrected chi connectivity index (χ3v) is 5.01. The predicted molar refractivity (Wildman–Crippen MR) is 91.3 cm³/mol. The highest BCUT2D eigenvalue weighted by molar-refractivity contribution is 7.99. The SMILES string of the molecule is Nn1c(SCC(=O)NC2CCCCC2)nnc1-c1ccc(F)cc1. The topological polar surface area (TPSA) is 85.8 Å². The number of hydrogen-bond acceptors (Lipinski definition) is 5. The lowest BCUT2D eigenvalue weighted by Crippen LogP contribution is -2.37. The minimum absolute atomic E-state index is 0.0155. The quantitative estimate of drug-likeness (QED) is 0.639. The van der Waals surface area contributed by atoms with Crippen molar-refractivity contribution in [3.05, 3.63) is 30.1 Å². The van der Waals surface area contributed by atoms with Gasteiger partial charge in [0, 0.05) is 11.6 Å². The van der Waals surface area contributed by atoms with Crippen LogP contribution in [0.4, 0.5) is 4.39 Å². The second-order valence-corrected chi connectivity index (χ2v) is 6.82. The van der Waals surface area contributed by atoms with Crippen LogP contribution in [0.2, 0.25) is 0 Å². The Morgan fingerprint density at radius 1 is 1.25 bits per heavy atom. The molecule has 128 valence electrons. The van der Waals surface area contributed by atoms with Gasteiger partial charge in [-0.3, -0.25) is 4.79 Å². The summed E-state index contributed by atoms with van der Waals surface area (Å²) < 4.78 is 14.3. The first kappa shape index (κ1) is 16.8. The largest absolute Gasteiger partial charge is 0.353 e. The van der Waals surface area contributed by atoms with Crippen LogP contribution in [0.1, 0.15) is 32.1 Å². The molecule has 2 aromatic rings. The summed E-state index contributed by atoms with van der Waals surface area (Å²) in [6, 6.07) is 6.15. The maximum Gasteiger partial charge on any atom is 0.230 e. The molecular formula is C16H20FN5OS. The van der Waals surface area contributed by atoms with Crippen molar-refractivity contribution in [3.63, 3.8) is 0 Å². The van der Waals surface area contributed by atoms with Gasteiger partial charge >= 0.3 is 0 Å².